The number of nitrogens with zero attached hydrogens (tertiary/aromatic N) is 3. The fourth-order valence-electron chi connectivity index (χ4n) is 3.24. The van der Waals surface area contributed by atoms with Gasteiger partial charge >= 0.3 is 0 Å². The Balaban J connectivity index is 1.63. The van der Waals surface area contributed by atoms with Gasteiger partial charge in [-0.05, 0) is 41.8 Å². The van der Waals surface area contributed by atoms with Gasteiger partial charge in [-0.2, -0.15) is 0 Å². The molecule has 0 aliphatic carbocycles. The average molecular weight is 335 g/mol. The van der Waals surface area contributed by atoms with Crippen molar-refractivity contribution < 1.29 is 9.13 Å². The van der Waals surface area contributed by atoms with Gasteiger partial charge in [0.15, 0.2) is 0 Å². The molecule has 4 rings (SSSR count). The van der Waals surface area contributed by atoms with E-state index in [-0.39, 0.29) is 5.82 Å². The number of para-hydroxylation sites is 1. The van der Waals surface area contributed by atoms with Gasteiger partial charge in [0.2, 0.25) is 0 Å². The van der Waals surface area contributed by atoms with Gasteiger partial charge in [-0.1, -0.05) is 24.3 Å². The molecule has 25 heavy (non-hydrogen) atoms. The van der Waals surface area contributed by atoms with Gasteiger partial charge in [-0.15, -0.1) is 0 Å². The lowest BCUT2D eigenvalue weighted by Crippen LogP contribution is -2.29. The number of hydrogen-bond donors (Lipinski definition) is 0. The summed E-state index contributed by atoms with van der Waals surface area (Å²) >= 11 is 0. The third kappa shape index (κ3) is 2.93. The lowest BCUT2D eigenvalue weighted by molar-refractivity contribution is 0.414. The molecule has 1 aliphatic heterocycles. The average Bonchev–Trinajstić information content (AvgIpc) is 2.68. The Bertz CT molecular complexity index is 955. The van der Waals surface area contributed by atoms with Crippen LogP contribution in [0.1, 0.15) is 12.0 Å². The maximum atomic E-state index is 14.0. The zero-order valence-corrected chi connectivity index (χ0v) is 13.9. The van der Waals surface area contributed by atoms with Crippen molar-refractivity contribution in [3.05, 3.63) is 66.2 Å². The molecule has 0 amide bonds. The third-order valence-electron chi connectivity index (χ3n) is 4.54. The first-order valence-corrected chi connectivity index (χ1v) is 8.24. The zero-order chi connectivity index (χ0) is 17.2. The number of fused-ring (bicyclic) bond motifs is 1. The fraction of sp³-hybridized carbons (Fsp3) is 0.200. The van der Waals surface area contributed by atoms with Crippen molar-refractivity contribution in [2.24, 2.45) is 0 Å². The van der Waals surface area contributed by atoms with Crippen molar-refractivity contribution in [3.8, 4) is 5.75 Å². The molecule has 0 N–H and O–H groups in total. The Kier molecular flexibility index (Phi) is 4.06. The van der Waals surface area contributed by atoms with Crippen LogP contribution in [0.2, 0.25) is 0 Å². The van der Waals surface area contributed by atoms with Crippen LogP contribution in [-0.2, 0) is 0 Å². The number of benzene rings is 2. The van der Waals surface area contributed by atoms with Crippen LogP contribution in [-0.4, -0.2) is 30.2 Å². The molecule has 0 radical (unpaired) electrons. The van der Waals surface area contributed by atoms with Gasteiger partial charge in [0.05, 0.1) is 7.11 Å². The molecule has 0 atom stereocenters. The predicted molar refractivity (Wildman–Crippen MR) is 97.3 cm³/mol. The number of rotatable bonds is 3. The van der Waals surface area contributed by atoms with Crippen LogP contribution in [0.25, 0.3) is 16.5 Å². The predicted octanol–water partition coefficient (Wildman–Crippen LogP) is 4.07. The Morgan fingerprint density at radius 3 is 2.80 bits per heavy atom. The van der Waals surface area contributed by atoms with Crippen molar-refractivity contribution in [2.45, 2.75) is 6.42 Å². The lowest BCUT2D eigenvalue weighted by atomic mass is 9.99. The molecule has 0 fully saturated rings. The van der Waals surface area contributed by atoms with E-state index in [2.05, 4.69) is 33.1 Å². The molecule has 5 heteroatoms. The van der Waals surface area contributed by atoms with Gasteiger partial charge in [0.25, 0.3) is 0 Å². The van der Waals surface area contributed by atoms with Crippen molar-refractivity contribution >= 4 is 22.3 Å². The Labute approximate surface area is 145 Å². The minimum atomic E-state index is -0.314. The maximum Gasteiger partial charge on any atom is 0.149 e. The number of methoxy groups -OCH3 is 1. The first kappa shape index (κ1) is 15.6. The van der Waals surface area contributed by atoms with E-state index in [4.69, 9.17) is 4.74 Å². The topological polar surface area (TPSA) is 38.2 Å². The summed E-state index contributed by atoms with van der Waals surface area (Å²) in [5, 5.41) is 0.751. The second kappa shape index (κ2) is 6.51. The molecule has 1 aromatic heterocycles. The first-order valence-electron chi connectivity index (χ1n) is 8.24. The van der Waals surface area contributed by atoms with Gasteiger partial charge in [-0.25, -0.2) is 14.4 Å². The maximum absolute atomic E-state index is 14.0. The molecule has 0 unspecified atom stereocenters. The van der Waals surface area contributed by atoms with Crippen LogP contribution < -0.4 is 9.64 Å². The summed E-state index contributed by atoms with van der Waals surface area (Å²) in [5.74, 6) is 1.33. The van der Waals surface area contributed by atoms with Gasteiger partial charge < -0.3 is 9.64 Å². The summed E-state index contributed by atoms with van der Waals surface area (Å²) in [7, 11) is 1.68. The van der Waals surface area contributed by atoms with E-state index in [9.17, 15) is 4.39 Å². The molecular weight excluding hydrogens is 317 g/mol. The van der Waals surface area contributed by atoms with Gasteiger partial charge in [-0.3, -0.25) is 0 Å². The van der Waals surface area contributed by atoms with E-state index in [1.165, 1.54) is 23.5 Å². The highest BCUT2D eigenvalue weighted by Gasteiger charge is 2.18. The van der Waals surface area contributed by atoms with E-state index >= 15 is 0 Å². The Morgan fingerprint density at radius 1 is 1.12 bits per heavy atom. The monoisotopic (exact) mass is 335 g/mol. The Morgan fingerprint density at radius 2 is 2.00 bits per heavy atom. The third-order valence-corrected chi connectivity index (χ3v) is 4.54. The molecule has 0 bridgehead atoms. The summed E-state index contributed by atoms with van der Waals surface area (Å²) in [4.78, 5) is 10.6. The normalized spacial score (nSPS) is 14.5. The SMILES string of the molecule is COc1cccc(C2=CCN(c3ncnc4c(F)cccc34)CC2)c1. The van der Waals surface area contributed by atoms with Gasteiger partial charge in [0.1, 0.15) is 29.2 Å². The zero-order valence-electron chi connectivity index (χ0n) is 13.9. The largest absolute Gasteiger partial charge is 0.497 e. The number of aromatic nitrogens is 2. The highest BCUT2D eigenvalue weighted by Crippen LogP contribution is 2.30. The molecule has 0 saturated carbocycles. The quantitative estimate of drug-likeness (QED) is 0.723. The van der Waals surface area contributed by atoms with E-state index in [1.54, 1.807) is 13.2 Å². The number of ether oxygens (including phenoxy) is 1. The Hall–Kier alpha value is -2.95. The highest BCUT2D eigenvalue weighted by atomic mass is 19.1. The first-order chi connectivity index (χ1) is 12.3. The molecule has 3 aromatic rings. The number of halogens is 1. The van der Waals surface area contributed by atoms with Crippen LogP contribution in [0.5, 0.6) is 5.75 Å². The fourth-order valence-corrected chi connectivity index (χ4v) is 3.24. The molecule has 4 nitrogen and oxygen atoms in total. The van der Waals surface area contributed by atoms with Crippen LogP contribution in [0.15, 0.2) is 54.9 Å². The summed E-state index contributed by atoms with van der Waals surface area (Å²) < 4.78 is 19.3. The second-order valence-electron chi connectivity index (χ2n) is 5.99. The van der Waals surface area contributed by atoms with E-state index in [0.29, 0.717) is 5.52 Å². The number of hydrogen-bond acceptors (Lipinski definition) is 4. The van der Waals surface area contributed by atoms with Crippen molar-refractivity contribution in [1.82, 2.24) is 9.97 Å². The summed E-state index contributed by atoms with van der Waals surface area (Å²) in [6.45, 7) is 1.56. The molecule has 0 saturated heterocycles. The molecule has 126 valence electrons. The lowest BCUT2D eigenvalue weighted by Gasteiger charge is -2.28. The number of anilines is 1. The van der Waals surface area contributed by atoms with Crippen LogP contribution in [0, 0.1) is 5.82 Å². The van der Waals surface area contributed by atoms with Crippen LogP contribution >= 0.6 is 0 Å². The smallest absolute Gasteiger partial charge is 0.149 e. The molecule has 2 aromatic carbocycles. The summed E-state index contributed by atoms with van der Waals surface area (Å²) in [6, 6.07) is 13.1. The van der Waals surface area contributed by atoms with Crippen LogP contribution in [0.4, 0.5) is 10.2 Å². The highest BCUT2D eigenvalue weighted by molar-refractivity contribution is 5.90. The molecule has 2 heterocycles. The van der Waals surface area contributed by atoms with E-state index < -0.39 is 0 Å². The van der Waals surface area contributed by atoms with Crippen molar-refractivity contribution in [1.29, 1.82) is 0 Å². The summed E-state index contributed by atoms with van der Waals surface area (Å²) in [5.41, 5.74) is 2.84. The van der Waals surface area contributed by atoms with Crippen molar-refractivity contribution in [3.63, 3.8) is 0 Å². The van der Waals surface area contributed by atoms with E-state index in [0.717, 1.165) is 36.5 Å². The standard InChI is InChI=1S/C20H18FN3O/c1-25-16-5-2-4-15(12-16)14-8-10-24(11-9-14)20-17-6-3-7-18(21)19(17)22-13-23-20/h2-8,12-13H,9-11H2,1H3. The van der Waals surface area contributed by atoms with Gasteiger partial charge in [0, 0.05) is 18.5 Å². The van der Waals surface area contributed by atoms with E-state index in [1.807, 2.05) is 18.2 Å². The molecule has 0 spiro atoms. The summed E-state index contributed by atoms with van der Waals surface area (Å²) in [6.07, 6.45) is 4.53. The molecular formula is C20H18FN3O. The van der Waals surface area contributed by atoms with Crippen molar-refractivity contribution in [2.75, 3.05) is 25.1 Å². The second-order valence-corrected chi connectivity index (χ2v) is 5.99. The minimum Gasteiger partial charge on any atom is -0.497 e. The minimum absolute atomic E-state index is 0.314. The van der Waals surface area contributed by atoms with Crippen LogP contribution in [0.3, 0.4) is 0 Å². The molecule has 1 aliphatic rings.